The van der Waals surface area contributed by atoms with Crippen molar-refractivity contribution in [3.63, 3.8) is 0 Å². The normalized spacial score (nSPS) is 10.5. The lowest BCUT2D eigenvalue weighted by Crippen LogP contribution is -2.09. The second-order valence-corrected chi connectivity index (χ2v) is 4.21. The number of hydrogen-bond acceptors (Lipinski definition) is 4. The van der Waals surface area contributed by atoms with Gasteiger partial charge in [0, 0.05) is 26.5 Å². The lowest BCUT2D eigenvalue weighted by atomic mass is 10.4. The molecule has 1 N–H and O–H groups in total. The maximum Gasteiger partial charge on any atom is 0.144 e. The topological polar surface area (TPSA) is 43.4 Å². The molecule has 0 amide bonds. The predicted octanol–water partition coefficient (Wildman–Crippen LogP) is 2.85. The first-order valence-corrected chi connectivity index (χ1v) is 6.11. The molecule has 0 atom stereocenters. The fourth-order valence-electron chi connectivity index (χ4n) is 1.17. The molecular formula is C11H16Cl2N2O2. The largest absolute Gasteiger partial charge is 0.382 e. The fourth-order valence-corrected chi connectivity index (χ4v) is 1.62. The first-order valence-electron chi connectivity index (χ1n) is 5.35. The summed E-state index contributed by atoms with van der Waals surface area (Å²) in [5.74, 6) is 0.646. The summed E-state index contributed by atoms with van der Waals surface area (Å²) in [4.78, 5) is 4.09. The molecule has 0 saturated heterocycles. The Labute approximate surface area is 111 Å². The molecule has 0 saturated carbocycles. The number of ether oxygens (including phenoxy) is 2. The van der Waals surface area contributed by atoms with Gasteiger partial charge in [-0.05, 0) is 12.5 Å². The molecule has 0 unspecified atom stereocenters. The summed E-state index contributed by atoms with van der Waals surface area (Å²) in [5.41, 5.74) is 0. The lowest BCUT2D eigenvalue weighted by Gasteiger charge is -2.07. The van der Waals surface area contributed by atoms with Crippen LogP contribution in [0, 0.1) is 0 Å². The minimum absolute atomic E-state index is 0.526. The van der Waals surface area contributed by atoms with E-state index in [4.69, 9.17) is 32.7 Å². The molecule has 1 heterocycles. The molecule has 0 aliphatic rings. The van der Waals surface area contributed by atoms with Gasteiger partial charge in [-0.25, -0.2) is 4.98 Å². The Kier molecular flexibility index (Phi) is 7.28. The maximum atomic E-state index is 5.95. The Balaban J connectivity index is 2.14. The van der Waals surface area contributed by atoms with Crippen molar-refractivity contribution in [2.45, 2.75) is 6.42 Å². The van der Waals surface area contributed by atoms with Crippen LogP contribution in [0.4, 0.5) is 5.82 Å². The monoisotopic (exact) mass is 278 g/mol. The van der Waals surface area contributed by atoms with Crippen LogP contribution in [0.5, 0.6) is 0 Å². The number of methoxy groups -OCH3 is 1. The summed E-state index contributed by atoms with van der Waals surface area (Å²) in [6, 6.07) is 1.66. The average Bonchev–Trinajstić information content (AvgIpc) is 2.30. The second-order valence-electron chi connectivity index (χ2n) is 3.37. The van der Waals surface area contributed by atoms with Crippen LogP contribution in [0.3, 0.4) is 0 Å². The first-order chi connectivity index (χ1) is 8.24. The van der Waals surface area contributed by atoms with E-state index in [1.807, 2.05) is 0 Å². The van der Waals surface area contributed by atoms with E-state index in [1.165, 1.54) is 0 Å². The van der Waals surface area contributed by atoms with Crippen molar-refractivity contribution < 1.29 is 9.47 Å². The highest BCUT2D eigenvalue weighted by Gasteiger charge is 2.01. The highest BCUT2D eigenvalue weighted by atomic mass is 35.5. The molecule has 17 heavy (non-hydrogen) atoms. The van der Waals surface area contributed by atoms with Gasteiger partial charge in [0.05, 0.1) is 23.3 Å². The van der Waals surface area contributed by atoms with Crippen molar-refractivity contribution in [1.29, 1.82) is 0 Å². The van der Waals surface area contributed by atoms with Crippen LogP contribution >= 0.6 is 23.2 Å². The van der Waals surface area contributed by atoms with Crippen LogP contribution in [-0.4, -0.2) is 38.5 Å². The minimum Gasteiger partial charge on any atom is -0.382 e. The molecule has 1 aromatic rings. The third kappa shape index (κ3) is 6.07. The van der Waals surface area contributed by atoms with Gasteiger partial charge < -0.3 is 14.8 Å². The molecule has 1 aromatic heterocycles. The number of nitrogens with zero attached hydrogens (tertiary/aromatic N) is 1. The Morgan fingerprint density at radius 1 is 1.29 bits per heavy atom. The van der Waals surface area contributed by atoms with E-state index in [0.717, 1.165) is 13.0 Å². The summed E-state index contributed by atoms with van der Waals surface area (Å²) in [7, 11) is 1.65. The van der Waals surface area contributed by atoms with Gasteiger partial charge in [-0.2, -0.15) is 0 Å². The van der Waals surface area contributed by atoms with Crippen molar-refractivity contribution in [3.05, 3.63) is 22.3 Å². The van der Waals surface area contributed by atoms with Gasteiger partial charge in [0.25, 0.3) is 0 Å². The maximum absolute atomic E-state index is 5.95. The van der Waals surface area contributed by atoms with E-state index in [1.54, 1.807) is 19.4 Å². The molecule has 0 radical (unpaired) electrons. The van der Waals surface area contributed by atoms with Crippen LogP contribution in [0.15, 0.2) is 12.3 Å². The van der Waals surface area contributed by atoms with Crippen molar-refractivity contribution in [1.82, 2.24) is 4.98 Å². The zero-order valence-corrected chi connectivity index (χ0v) is 11.2. The van der Waals surface area contributed by atoms with Gasteiger partial charge in [0.2, 0.25) is 0 Å². The quantitative estimate of drug-likeness (QED) is 0.743. The van der Waals surface area contributed by atoms with Crippen molar-refractivity contribution in [2.75, 3.05) is 38.8 Å². The minimum atomic E-state index is 0.526. The van der Waals surface area contributed by atoms with Gasteiger partial charge in [0.1, 0.15) is 5.82 Å². The Morgan fingerprint density at radius 2 is 2.12 bits per heavy atom. The van der Waals surface area contributed by atoms with Gasteiger partial charge in [-0.3, -0.25) is 0 Å². The van der Waals surface area contributed by atoms with Crippen LogP contribution < -0.4 is 5.32 Å². The van der Waals surface area contributed by atoms with Crippen molar-refractivity contribution in [3.8, 4) is 0 Å². The fraction of sp³-hybridized carbons (Fsp3) is 0.545. The number of rotatable bonds is 8. The second kappa shape index (κ2) is 8.53. The smallest absolute Gasteiger partial charge is 0.144 e. The number of nitrogens with one attached hydrogen (secondary N) is 1. The molecule has 1 rings (SSSR count). The highest BCUT2D eigenvalue weighted by Crippen LogP contribution is 2.22. The predicted molar refractivity (Wildman–Crippen MR) is 70.1 cm³/mol. The molecule has 0 aliphatic heterocycles. The molecular weight excluding hydrogens is 263 g/mol. The summed E-state index contributed by atoms with van der Waals surface area (Å²) in [6.07, 6.45) is 2.44. The molecule has 0 fully saturated rings. The lowest BCUT2D eigenvalue weighted by molar-refractivity contribution is 0.0705. The molecule has 0 bridgehead atoms. The zero-order valence-electron chi connectivity index (χ0n) is 9.71. The van der Waals surface area contributed by atoms with Crippen LogP contribution in [0.2, 0.25) is 10.0 Å². The number of hydrogen-bond donors (Lipinski definition) is 1. The number of anilines is 1. The van der Waals surface area contributed by atoms with Gasteiger partial charge >= 0.3 is 0 Å². The molecule has 96 valence electrons. The number of aromatic nitrogens is 1. The van der Waals surface area contributed by atoms with Crippen molar-refractivity contribution >= 4 is 29.0 Å². The van der Waals surface area contributed by atoms with E-state index in [-0.39, 0.29) is 0 Å². The number of halogens is 2. The molecule has 6 heteroatoms. The van der Waals surface area contributed by atoms with Gasteiger partial charge in [0.15, 0.2) is 0 Å². The standard InChI is InChI=1S/C11H16Cl2N2O2/c1-16-5-6-17-4-2-3-14-11-10(13)7-9(12)8-15-11/h7-8H,2-6H2,1H3,(H,14,15). The average molecular weight is 279 g/mol. The Morgan fingerprint density at radius 3 is 2.82 bits per heavy atom. The highest BCUT2D eigenvalue weighted by molar-refractivity contribution is 6.35. The van der Waals surface area contributed by atoms with Crippen LogP contribution in [0.1, 0.15) is 6.42 Å². The third-order valence-electron chi connectivity index (χ3n) is 2.00. The van der Waals surface area contributed by atoms with E-state index in [0.29, 0.717) is 35.7 Å². The number of pyridine rings is 1. The third-order valence-corrected chi connectivity index (χ3v) is 2.49. The van der Waals surface area contributed by atoms with Crippen LogP contribution in [0.25, 0.3) is 0 Å². The molecule has 0 spiro atoms. The van der Waals surface area contributed by atoms with E-state index in [9.17, 15) is 0 Å². The summed E-state index contributed by atoms with van der Waals surface area (Å²) in [6.45, 7) is 2.68. The van der Waals surface area contributed by atoms with E-state index < -0.39 is 0 Å². The van der Waals surface area contributed by atoms with Crippen LogP contribution in [-0.2, 0) is 9.47 Å². The van der Waals surface area contributed by atoms with E-state index in [2.05, 4.69) is 10.3 Å². The molecule has 0 aliphatic carbocycles. The Hall–Kier alpha value is -0.550. The molecule has 0 aromatic carbocycles. The SMILES string of the molecule is COCCOCCCNc1ncc(Cl)cc1Cl. The summed E-state index contributed by atoms with van der Waals surface area (Å²) < 4.78 is 10.2. The van der Waals surface area contributed by atoms with Gasteiger partial charge in [-0.15, -0.1) is 0 Å². The van der Waals surface area contributed by atoms with E-state index >= 15 is 0 Å². The summed E-state index contributed by atoms with van der Waals surface area (Å²) in [5, 5.41) is 4.17. The Bertz CT molecular complexity index is 337. The zero-order chi connectivity index (χ0) is 12.5. The van der Waals surface area contributed by atoms with Gasteiger partial charge in [-0.1, -0.05) is 23.2 Å². The van der Waals surface area contributed by atoms with Crippen molar-refractivity contribution in [2.24, 2.45) is 0 Å². The molecule has 4 nitrogen and oxygen atoms in total. The first kappa shape index (κ1) is 14.5. The summed E-state index contributed by atoms with van der Waals surface area (Å²) >= 11 is 11.7.